The molecule has 0 bridgehead atoms. The Morgan fingerprint density at radius 1 is 1.27 bits per heavy atom. The lowest BCUT2D eigenvalue weighted by Crippen LogP contribution is -2.40. The van der Waals surface area contributed by atoms with Crippen molar-refractivity contribution in [3.63, 3.8) is 0 Å². The number of hydrogen-bond acceptors (Lipinski definition) is 5. The van der Waals surface area contributed by atoms with E-state index in [9.17, 15) is 13.0 Å². The zero-order valence-electron chi connectivity index (χ0n) is 12.6. The average molecular weight is 328 g/mol. The molecule has 1 heterocycles. The Labute approximate surface area is 129 Å². The van der Waals surface area contributed by atoms with Crippen LogP contribution in [0.2, 0.25) is 0 Å². The van der Waals surface area contributed by atoms with Crippen molar-refractivity contribution in [2.24, 2.45) is 0 Å². The number of fused-ring (bicyclic) bond motifs is 1. The molecule has 0 saturated heterocycles. The van der Waals surface area contributed by atoms with Crippen molar-refractivity contribution in [1.82, 2.24) is 4.57 Å². The number of para-hydroxylation sites is 2. The van der Waals surface area contributed by atoms with Gasteiger partial charge in [0.15, 0.2) is 17.3 Å². The largest absolute Gasteiger partial charge is 0.748 e. The summed E-state index contributed by atoms with van der Waals surface area (Å²) in [5.74, 6) is -0.363. The Bertz CT molecular complexity index is 722. The van der Waals surface area contributed by atoms with Crippen LogP contribution in [0.3, 0.4) is 0 Å². The van der Waals surface area contributed by atoms with Crippen LogP contribution in [0.5, 0.6) is 0 Å². The number of ether oxygens (including phenoxy) is 2. The van der Waals surface area contributed by atoms with Crippen molar-refractivity contribution in [2.45, 2.75) is 25.8 Å². The molecule has 0 unspecified atom stereocenters. The van der Waals surface area contributed by atoms with E-state index >= 15 is 0 Å². The van der Waals surface area contributed by atoms with Crippen molar-refractivity contribution >= 4 is 21.2 Å². The van der Waals surface area contributed by atoms with E-state index in [1.807, 2.05) is 39.7 Å². The Morgan fingerprint density at radius 2 is 1.95 bits per heavy atom. The SMILES string of the molecule is COC(C[n+]1cn(CCCS(=O)(=O)[O-])c2ccccc21)OC. The summed E-state index contributed by atoms with van der Waals surface area (Å²) < 4.78 is 46.5. The number of methoxy groups -OCH3 is 2. The Balaban J connectivity index is 2.23. The normalized spacial score (nSPS) is 12.4. The minimum absolute atomic E-state index is 0.280. The van der Waals surface area contributed by atoms with E-state index in [-0.39, 0.29) is 18.5 Å². The summed E-state index contributed by atoms with van der Waals surface area (Å²) in [6.07, 6.45) is 1.79. The van der Waals surface area contributed by atoms with Crippen LogP contribution in [-0.4, -0.2) is 43.8 Å². The molecule has 22 heavy (non-hydrogen) atoms. The Kier molecular flexibility index (Phi) is 5.52. The molecule has 1 aromatic carbocycles. The highest BCUT2D eigenvalue weighted by atomic mass is 32.2. The molecule has 2 rings (SSSR count). The number of aromatic nitrogens is 2. The fraction of sp³-hybridized carbons (Fsp3) is 0.500. The van der Waals surface area contributed by atoms with Crippen LogP contribution in [0.25, 0.3) is 11.0 Å². The second kappa shape index (κ2) is 7.19. The van der Waals surface area contributed by atoms with Gasteiger partial charge in [0.25, 0.3) is 0 Å². The smallest absolute Gasteiger partial charge is 0.244 e. The maximum Gasteiger partial charge on any atom is 0.244 e. The monoisotopic (exact) mass is 328 g/mol. The first-order chi connectivity index (χ1) is 10.4. The van der Waals surface area contributed by atoms with Crippen molar-refractivity contribution < 1.29 is 27.0 Å². The van der Waals surface area contributed by atoms with Crippen LogP contribution < -0.4 is 4.57 Å². The summed E-state index contributed by atoms with van der Waals surface area (Å²) >= 11 is 0. The Hall–Kier alpha value is -1.48. The lowest BCUT2D eigenvalue weighted by molar-refractivity contribution is -0.686. The number of imidazole rings is 1. The molecule has 7 nitrogen and oxygen atoms in total. The zero-order valence-corrected chi connectivity index (χ0v) is 13.5. The quantitative estimate of drug-likeness (QED) is 0.400. The van der Waals surface area contributed by atoms with Crippen molar-refractivity contribution in [3.8, 4) is 0 Å². The van der Waals surface area contributed by atoms with Gasteiger partial charge in [0.1, 0.15) is 6.54 Å². The molecule has 0 fully saturated rings. The van der Waals surface area contributed by atoms with Crippen molar-refractivity contribution in [3.05, 3.63) is 30.6 Å². The lowest BCUT2D eigenvalue weighted by atomic mass is 10.3. The first kappa shape index (κ1) is 16.9. The van der Waals surface area contributed by atoms with Gasteiger partial charge in [-0.2, -0.15) is 0 Å². The number of aryl methyl sites for hydroxylation is 1. The number of nitrogens with zero attached hydrogens (tertiary/aromatic N) is 2. The van der Waals surface area contributed by atoms with Crippen LogP contribution in [0, 0.1) is 0 Å². The van der Waals surface area contributed by atoms with Gasteiger partial charge in [-0.1, -0.05) is 12.1 Å². The highest BCUT2D eigenvalue weighted by Crippen LogP contribution is 2.12. The second-order valence-corrected chi connectivity index (χ2v) is 6.49. The van der Waals surface area contributed by atoms with Gasteiger partial charge in [-0.3, -0.25) is 0 Å². The molecular formula is C14H20N2O5S. The zero-order chi connectivity index (χ0) is 16.2. The molecule has 8 heteroatoms. The fourth-order valence-electron chi connectivity index (χ4n) is 2.38. The third-order valence-electron chi connectivity index (χ3n) is 3.44. The van der Waals surface area contributed by atoms with Gasteiger partial charge in [0.2, 0.25) is 6.33 Å². The van der Waals surface area contributed by atoms with E-state index in [4.69, 9.17) is 9.47 Å². The average Bonchev–Trinajstić information content (AvgIpc) is 2.82. The third kappa shape index (κ3) is 4.26. The van der Waals surface area contributed by atoms with Gasteiger partial charge in [0, 0.05) is 20.0 Å². The van der Waals surface area contributed by atoms with Gasteiger partial charge in [-0.05, 0) is 18.6 Å². The fourth-order valence-corrected chi connectivity index (χ4v) is 2.87. The maximum absolute atomic E-state index is 10.7. The molecule has 0 aliphatic carbocycles. The van der Waals surface area contributed by atoms with E-state index < -0.39 is 10.1 Å². The summed E-state index contributed by atoms with van der Waals surface area (Å²) in [4.78, 5) is 0. The predicted molar refractivity (Wildman–Crippen MR) is 79.1 cm³/mol. The molecule has 122 valence electrons. The minimum Gasteiger partial charge on any atom is -0.748 e. The third-order valence-corrected chi connectivity index (χ3v) is 4.23. The number of hydrogen-bond donors (Lipinski definition) is 0. The minimum atomic E-state index is -4.18. The predicted octanol–water partition coefficient (Wildman–Crippen LogP) is 0.483. The van der Waals surface area contributed by atoms with Crippen LogP contribution in [0.4, 0.5) is 0 Å². The maximum atomic E-state index is 10.7. The molecule has 0 N–H and O–H groups in total. The molecule has 1 aromatic heterocycles. The molecule has 0 aliphatic heterocycles. The lowest BCUT2D eigenvalue weighted by Gasteiger charge is -2.10. The van der Waals surface area contributed by atoms with Crippen LogP contribution in [-0.2, 0) is 32.7 Å². The number of rotatable bonds is 8. The first-order valence-corrected chi connectivity index (χ1v) is 8.49. The van der Waals surface area contributed by atoms with Gasteiger partial charge in [-0.25, -0.2) is 17.6 Å². The van der Waals surface area contributed by atoms with E-state index in [0.717, 1.165) is 11.0 Å². The summed E-state index contributed by atoms with van der Waals surface area (Å²) in [6.45, 7) is 0.972. The standard InChI is InChI=1S/C14H20N2O5S/c1-20-14(21-2)10-16-11-15(8-5-9-22(17,18)19)12-6-3-4-7-13(12)16/h3-4,6-7,11,14H,5,8-10H2,1-2H3. The summed E-state index contributed by atoms with van der Waals surface area (Å²) in [5, 5.41) is 0. The van der Waals surface area contributed by atoms with E-state index in [1.165, 1.54) is 0 Å². The van der Waals surface area contributed by atoms with Gasteiger partial charge < -0.3 is 14.0 Å². The molecule has 0 amide bonds. The summed E-state index contributed by atoms with van der Waals surface area (Å²) in [7, 11) is -1.02. The first-order valence-electron chi connectivity index (χ1n) is 6.91. The topological polar surface area (TPSA) is 84.5 Å². The number of benzene rings is 1. The summed E-state index contributed by atoms with van der Waals surface area (Å²) in [6, 6.07) is 7.77. The molecule has 2 aromatic rings. The molecule has 0 aliphatic rings. The molecule has 0 spiro atoms. The summed E-state index contributed by atoms with van der Waals surface area (Å²) in [5.41, 5.74) is 1.96. The van der Waals surface area contributed by atoms with E-state index in [0.29, 0.717) is 13.1 Å². The Morgan fingerprint density at radius 3 is 2.59 bits per heavy atom. The molecule has 0 atom stereocenters. The van der Waals surface area contributed by atoms with Gasteiger partial charge in [-0.15, -0.1) is 0 Å². The van der Waals surface area contributed by atoms with Crippen LogP contribution in [0.1, 0.15) is 6.42 Å². The molecule has 0 saturated carbocycles. The van der Waals surface area contributed by atoms with Crippen molar-refractivity contribution in [1.29, 1.82) is 0 Å². The van der Waals surface area contributed by atoms with E-state index in [2.05, 4.69) is 0 Å². The van der Waals surface area contributed by atoms with Gasteiger partial charge in [0.05, 0.1) is 16.7 Å². The van der Waals surface area contributed by atoms with Crippen LogP contribution >= 0.6 is 0 Å². The molecular weight excluding hydrogens is 308 g/mol. The van der Waals surface area contributed by atoms with Gasteiger partial charge >= 0.3 is 0 Å². The van der Waals surface area contributed by atoms with Crippen LogP contribution in [0.15, 0.2) is 30.6 Å². The highest BCUT2D eigenvalue weighted by molar-refractivity contribution is 7.85. The molecule has 0 radical (unpaired) electrons. The van der Waals surface area contributed by atoms with E-state index in [1.54, 1.807) is 14.2 Å². The second-order valence-electron chi connectivity index (χ2n) is 4.97. The van der Waals surface area contributed by atoms with Crippen molar-refractivity contribution in [2.75, 3.05) is 20.0 Å². The highest BCUT2D eigenvalue weighted by Gasteiger charge is 2.18.